The third kappa shape index (κ3) is 3.38. The van der Waals surface area contributed by atoms with Gasteiger partial charge in [-0.3, -0.25) is 4.79 Å². The normalized spacial score (nSPS) is 10.5. The smallest absolute Gasteiger partial charge is 0.272 e. The number of aromatic amines is 1. The van der Waals surface area contributed by atoms with E-state index >= 15 is 0 Å². The van der Waals surface area contributed by atoms with Gasteiger partial charge in [0.05, 0.1) is 6.54 Å². The highest BCUT2D eigenvalue weighted by molar-refractivity contribution is 9.10. The van der Waals surface area contributed by atoms with Crippen LogP contribution < -0.4 is 5.32 Å². The second-order valence-corrected chi connectivity index (χ2v) is 5.39. The second-order valence-electron chi connectivity index (χ2n) is 4.48. The molecule has 0 spiro atoms. The number of amides is 1. The Morgan fingerprint density at radius 1 is 1.33 bits per heavy atom. The van der Waals surface area contributed by atoms with Crippen LogP contribution in [0.4, 0.5) is 5.69 Å². The SMILES string of the molecule is O=C(Nc1ccc(Cn2cncn2)cc1)c1cc(Br)c[nH]1. The quantitative estimate of drug-likeness (QED) is 0.763. The number of halogens is 1. The van der Waals surface area contributed by atoms with E-state index in [1.165, 1.54) is 6.33 Å². The topological polar surface area (TPSA) is 75.6 Å². The maximum absolute atomic E-state index is 12.0. The Hall–Kier alpha value is -2.41. The van der Waals surface area contributed by atoms with Crippen molar-refractivity contribution in [1.29, 1.82) is 0 Å². The average Bonchev–Trinajstić information content (AvgIpc) is 3.12. The summed E-state index contributed by atoms with van der Waals surface area (Å²) in [5.41, 5.74) is 2.34. The van der Waals surface area contributed by atoms with Crippen LogP contribution in [0.25, 0.3) is 0 Å². The van der Waals surface area contributed by atoms with Gasteiger partial charge in [0.2, 0.25) is 0 Å². The van der Waals surface area contributed by atoms with Crippen molar-refractivity contribution in [1.82, 2.24) is 19.7 Å². The zero-order valence-electron chi connectivity index (χ0n) is 11.0. The summed E-state index contributed by atoms with van der Waals surface area (Å²) in [6.45, 7) is 0.651. The number of H-pyrrole nitrogens is 1. The number of rotatable bonds is 4. The van der Waals surface area contributed by atoms with Gasteiger partial charge in [-0.1, -0.05) is 12.1 Å². The lowest BCUT2D eigenvalue weighted by Gasteiger charge is -2.06. The Balaban J connectivity index is 1.65. The molecule has 0 saturated carbocycles. The predicted octanol–water partition coefficient (Wildman–Crippen LogP) is 2.67. The molecular weight excluding hydrogens is 334 g/mol. The highest BCUT2D eigenvalue weighted by Crippen LogP contribution is 2.14. The molecule has 106 valence electrons. The maximum Gasteiger partial charge on any atom is 0.272 e. The molecule has 0 bridgehead atoms. The number of carbonyl (C=O) groups is 1. The lowest BCUT2D eigenvalue weighted by Crippen LogP contribution is -2.12. The molecule has 0 aliphatic heterocycles. The fourth-order valence-electron chi connectivity index (χ4n) is 1.89. The van der Waals surface area contributed by atoms with Crippen molar-refractivity contribution < 1.29 is 4.79 Å². The van der Waals surface area contributed by atoms with Gasteiger partial charge < -0.3 is 10.3 Å². The van der Waals surface area contributed by atoms with Crippen LogP contribution in [0, 0.1) is 0 Å². The molecule has 0 unspecified atom stereocenters. The minimum Gasteiger partial charge on any atom is -0.356 e. The minimum absolute atomic E-state index is 0.176. The van der Waals surface area contributed by atoms with Crippen molar-refractivity contribution in [3.63, 3.8) is 0 Å². The van der Waals surface area contributed by atoms with E-state index in [0.29, 0.717) is 12.2 Å². The zero-order chi connectivity index (χ0) is 14.7. The fourth-order valence-corrected chi connectivity index (χ4v) is 2.24. The predicted molar refractivity (Wildman–Crippen MR) is 82.0 cm³/mol. The first kappa shape index (κ1) is 13.6. The first-order chi connectivity index (χ1) is 10.2. The number of nitrogens with zero attached hydrogens (tertiary/aromatic N) is 3. The Kier molecular flexibility index (Phi) is 3.83. The second kappa shape index (κ2) is 5.92. The molecule has 1 amide bonds. The van der Waals surface area contributed by atoms with Gasteiger partial charge in [-0.25, -0.2) is 9.67 Å². The lowest BCUT2D eigenvalue weighted by atomic mass is 10.2. The van der Waals surface area contributed by atoms with Crippen LogP contribution in [-0.4, -0.2) is 25.7 Å². The number of benzene rings is 1. The van der Waals surface area contributed by atoms with E-state index in [4.69, 9.17) is 0 Å². The van der Waals surface area contributed by atoms with Crippen LogP contribution in [0.3, 0.4) is 0 Å². The van der Waals surface area contributed by atoms with Gasteiger partial charge in [-0.15, -0.1) is 0 Å². The summed E-state index contributed by atoms with van der Waals surface area (Å²) in [4.78, 5) is 18.8. The van der Waals surface area contributed by atoms with Crippen molar-refractivity contribution in [2.24, 2.45) is 0 Å². The van der Waals surface area contributed by atoms with Gasteiger partial charge in [0.1, 0.15) is 18.3 Å². The van der Waals surface area contributed by atoms with E-state index in [2.05, 4.69) is 36.3 Å². The molecule has 3 rings (SSSR count). The third-order valence-corrected chi connectivity index (χ3v) is 3.37. The van der Waals surface area contributed by atoms with Crippen molar-refractivity contribution in [2.45, 2.75) is 6.54 Å². The Morgan fingerprint density at radius 2 is 2.14 bits per heavy atom. The van der Waals surface area contributed by atoms with E-state index in [9.17, 15) is 4.79 Å². The fraction of sp³-hybridized carbons (Fsp3) is 0.0714. The largest absolute Gasteiger partial charge is 0.356 e. The third-order valence-electron chi connectivity index (χ3n) is 2.92. The molecule has 0 saturated heterocycles. The van der Waals surface area contributed by atoms with Gasteiger partial charge in [-0.05, 0) is 39.7 Å². The first-order valence-corrected chi connectivity index (χ1v) is 7.06. The van der Waals surface area contributed by atoms with E-state index in [1.807, 2.05) is 24.3 Å². The van der Waals surface area contributed by atoms with Crippen molar-refractivity contribution >= 4 is 27.5 Å². The zero-order valence-corrected chi connectivity index (χ0v) is 12.5. The van der Waals surface area contributed by atoms with Crippen molar-refractivity contribution in [2.75, 3.05) is 5.32 Å². The number of carbonyl (C=O) groups excluding carboxylic acids is 1. The maximum atomic E-state index is 12.0. The van der Waals surface area contributed by atoms with Gasteiger partial charge in [0.25, 0.3) is 5.91 Å². The summed E-state index contributed by atoms with van der Waals surface area (Å²) in [5.74, 6) is -0.176. The molecule has 2 heterocycles. The molecule has 0 aliphatic carbocycles. The highest BCUT2D eigenvalue weighted by Gasteiger charge is 2.08. The molecule has 6 nitrogen and oxygen atoms in total. The standard InChI is InChI=1S/C14H12BrN5O/c15-11-5-13(17-6-11)14(21)19-12-3-1-10(2-4-12)7-20-9-16-8-18-20/h1-6,8-9,17H,7H2,(H,19,21). The van der Waals surface area contributed by atoms with Crippen LogP contribution in [0.15, 0.2) is 53.7 Å². The average molecular weight is 346 g/mol. The number of hydrogen-bond acceptors (Lipinski definition) is 3. The van der Waals surface area contributed by atoms with E-state index in [0.717, 1.165) is 15.7 Å². The van der Waals surface area contributed by atoms with Crippen molar-refractivity contribution in [3.05, 3.63) is 64.9 Å². The van der Waals surface area contributed by atoms with Gasteiger partial charge in [0.15, 0.2) is 0 Å². The first-order valence-electron chi connectivity index (χ1n) is 6.27. The molecule has 0 fully saturated rings. The number of anilines is 1. The minimum atomic E-state index is -0.176. The molecule has 1 aromatic carbocycles. The number of nitrogens with one attached hydrogen (secondary N) is 2. The summed E-state index contributed by atoms with van der Waals surface area (Å²) >= 11 is 3.30. The molecule has 7 heteroatoms. The van der Waals surface area contributed by atoms with Gasteiger partial charge in [-0.2, -0.15) is 5.10 Å². The number of aromatic nitrogens is 4. The monoisotopic (exact) mass is 345 g/mol. The number of hydrogen-bond donors (Lipinski definition) is 2. The molecule has 0 aliphatic rings. The van der Waals surface area contributed by atoms with Crippen molar-refractivity contribution in [3.8, 4) is 0 Å². The molecule has 2 aromatic heterocycles. The van der Waals surface area contributed by atoms with Crippen LogP contribution in [0.2, 0.25) is 0 Å². The Labute approximate surface area is 129 Å². The Morgan fingerprint density at radius 3 is 2.76 bits per heavy atom. The van der Waals surface area contributed by atoms with Crippen LogP contribution in [-0.2, 0) is 6.54 Å². The molecule has 21 heavy (non-hydrogen) atoms. The van der Waals surface area contributed by atoms with Crippen LogP contribution >= 0.6 is 15.9 Å². The lowest BCUT2D eigenvalue weighted by molar-refractivity contribution is 0.102. The van der Waals surface area contributed by atoms with Gasteiger partial charge >= 0.3 is 0 Å². The molecule has 3 aromatic rings. The summed E-state index contributed by atoms with van der Waals surface area (Å²) in [6.07, 6.45) is 4.89. The van der Waals surface area contributed by atoms with E-state index < -0.39 is 0 Å². The van der Waals surface area contributed by atoms with E-state index in [1.54, 1.807) is 23.3 Å². The Bertz CT molecular complexity index is 733. The summed E-state index contributed by atoms with van der Waals surface area (Å²) in [7, 11) is 0. The summed E-state index contributed by atoms with van der Waals surface area (Å²) in [5, 5.41) is 6.88. The highest BCUT2D eigenvalue weighted by atomic mass is 79.9. The van der Waals surface area contributed by atoms with Gasteiger partial charge in [0, 0.05) is 16.4 Å². The molecule has 2 N–H and O–H groups in total. The molecular formula is C14H12BrN5O. The van der Waals surface area contributed by atoms with E-state index in [-0.39, 0.29) is 5.91 Å². The molecule has 0 radical (unpaired) electrons. The summed E-state index contributed by atoms with van der Waals surface area (Å²) in [6, 6.07) is 9.35. The molecule has 0 atom stereocenters. The van der Waals surface area contributed by atoms with Crippen LogP contribution in [0.5, 0.6) is 0 Å². The summed E-state index contributed by atoms with van der Waals surface area (Å²) < 4.78 is 2.58. The van der Waals surface area contributed by atoms with Crippen LogP contribution in [0.1, 0.15) is 16.1 Å².